The van der Waals surface area contributed by atoms with Gasteiger partial charge in [-0.05, 0) is 25.7 Å². The van der Waals surface area contributed by atoms with E-state index >= 15 is 0 Å². The van der Waals surface area contributed by atoms with Crippen LogP contribution in [0, 0.1) is 5.92 Å². The van der Waals surface area contributed by atoms with Gasteiger partial charge >= 0.3 is 6.18 Å². The summed E-state index contributed by atoms with van der Waals surface area (Å²) in [6.45, 7) is 0. The third-order valence-electron chi connectivity index (χ3n) is 3.04. The quantitative estimate of drug-likeness (QED) is 0.722. The minimum Gasteiger partial charge on any atom is -0.448 e. The number of nitrogens with zero attached hydrogens (tertiary/aromatic N) is 1. The third-order valence-corrected chi connectivity index (χ3v) is 3.04. The highest BCUT2D eigenvalue weighted by atomic mass is 19.4. The highest BCUT2D eigenvalue weighted by Gasteiger charge is 2.41. The Morgan fingerprint density at radius 1 is 1.20 bits per heavy atom. The van der Waals surface area contributed by atoms with Crippen molar-refractivity contribution in [1.82, 2.24) is 4.98 Å². The molecule has 1 aromatic rings. The van der Waals surface area contributed by atoms with E-state index in [1.165, 1.54) is 6.39 Å². The summed E-state index contributed by atoms with van der Waals surface area (Å²) in [4.78, 5) is 3.78. The van der Waals surface area contributed by atoms with E-state index < -0.39 is 12.1 Å². The largest absolute Gasteiger partial charge is 0.448 e. The third kappa shape index (κ3) is 2.33. The number of hydrogen-bond acceptors (Lipinski definition) is 2. The van der Waals surface area contributed by atoms with Crippen molar-refractivity contribution in [3.63, 3.8) is 0 Å². The van der Waals surface area contributed by atoms with Crippen LogP contribution in [-0.2, 0) is 0 Å². The normalized spacial score (nSPS) is 27.9. The zero-order valence-corrected chi connectivity index (χ0v) is 8.13. The fourth-order valence-electron chi connectivity index (χ4n) is 2.13. The summed E-state index contributed by atoms with van der Waals surface area (Å²) >= 11 is 0. The van der Waals surface area contributed by atoms with Crippen molar-refractivity contribution in [2.24, 2.45) is 5.92 Å². The number of oxazole rings is 1. The Balaban J connectivity index is 1.93. The number of alkyl halides is 3. The van der Waals surface area contributed by atoms with Gasteiger partial charge in [0.1, 0.15) is 5.76 Å². The zero-order valence-electron chi connectivity index (χ0n) is 8.13. The average molecular weight is 219 g/mol. The Morgan fingerprint density at radius 3 is 2.33 bits per heavy atom. The predicted octanol–water partition coefficient (Wildman–Crippen LogP) is 3.51. The second kappa shape index (κ2) is 3.87. The Bertz CT molecular complexity index is 299. The number of aromatic nitrogens is 1. The fourth-order valence-corrected chi connectivity index (χ4v) is 2.13. The molecular weight excluding hydrogens is 207 g/mol. The van der Waals surface area contributed by atoms with E-state index in [0.29, 0.717) is 12.8 Å². The Kier molecular flexibility index (Phi) is 2.71. The van der Waals surface area contributed by atoms with Gasteiger partial charge in [0.25, 0.3) is 0 Å². The van der Waals surface area contributed by atoms with Gasteiger partial charge in [-0.25, -0.2) is 4.98 Å². The van der Waals surface area contributed by atoms with E-state index in [-0.39, 0.29) is 18.8 Å². The van der Waals surface area contributed by atoms with Gasteiger partial charge in [-0.2, -0.15) is 13.2 Å². The van der Waals surface area contributed by atoms with Crippen LogP contribution in [0.1, 0.15) is 37.4 Å². The van der Waals surface area contributed by atoms with Crippen LogP contribution in [0.4, 0.5) is 13.2 Å². The molecule has 0 unspecified atom stereocenters. The van der Waals surface area contributed by atoms with E-state index in [4.69, 9.17) is 4.42 Å². The van der Waals surface area contributed by atoms with Crippen molar-refractivity contribution in [1.29, 1.82) is 0 Å². The van der Waals surface area contributed by atoms with Crippen molar-refractivity contribution in [2.45, 2.75) is 37.8 Å². The maximum absolute atomic E-state index is 12.4. The average Bonchev–Trinajstić information content (AvgIpc) is 2.69. The molecule has 2 rings (SSSR count). The highest BCUT2D eigenvalue weighted by Crippen LogP contribution is 2.42. The van der Waals surface area contributed by atoms with Crippen LogP contribution >= 0.6 is 0 Å². The Hall–Kier alpha value is -1.00. The van der Waals surface area contributed by atoms with Crippen LogP contribution in [0.5, 0.6) is 0 Å². The molecule has 0 bridgehead atoms. The first kappa shape index (κ1) is 10.5. The molecule has 0 N–H and O–H groups in total. The van der Waals surface area contributed by atoms with Gasteiger partial charge < -0.3 is 4.42 Å². The summed E-state index contributed by atoms with van der Waals surface area (Å²) in [6, 6.07) is 0. The lowest BCUT2D eigenvalue weighted by molar-refractivity contribution is -0.182. The predicted molar refractivity (Wildman–Crippen MR) is 47.3 cm³/mol. The van der Waals surface area contributed by atoms with E-state index in [9.17, 15) is 13.2 Å². The molecule has 5 heteroatoms. The topological polar surface area (TPSA) is 26.0 Å². The minimum atomic E-state index is -4.04. The molecule has 0 aromatic carbocycles. The molecule has 2 nitrogen and oxygen atoms in total. The molecule has 84 valence electrons. The van der Waals surface area contributed by atoms with Crippen LogP contribution in [0.15, 0.2) is 17.0 Å². The first-order chi connectivity index (χ1) is 7.07. The molecule has 15 heavy (non-hydrogen) atoms. The minimum absolute atomic E-state index is 0.117. The maximum atomic E-state index is 12.4. The SMILES string of the molecule is FC(F)(F)C1CCC(c2cnco2)CC1. The number of halogens is 3. The molecule has 1 aromatic heterocycles. The molecule has 0 saturated heterocycles. The summed E-state index contributed by atoms with van der Waals surface area (Å²) < 4.78 is 42.2. The van der Waals surface area contributed by atoms with Gasteiger partial charge in [0, 0.05) is 5.92 Å². The van der Waals surface area contributed by atoms with Gasteiger partial charge in [0.15, 0.2) is 6.39 Å². The monoisotopic (exact) mass is 219 g/mol. The van der Waals surface area contributed by atoms with E-state index in [1.54, 1.807) is 6.20 Å². The van der Waals surface area contributed by atoms with Crippen LogP contribution in [-0.4, -0.2) is 11.2 Å². The number of hydrogen-bond donors (Lipinski definition) is 0. The summed E-state index contributed by atoms with van der Waals surface area (Å²) in [5.41, 5.74) is 0. The molecule has 0 amide bonds. The van der Waals surface area contributed by atoms with E-state index in [0.717, 1.165) is 5.76 Å². The second-order valence-electron chi connectivity index (χ2n) is 3.99. The smallest absolute Gasteiger partial charge is 0.391 e. The molecule has 0 aliphatic heterocycles. The van der Waals surface area contributed by atoms with Crippen LogP contribution in [0.3, 0.4) is 0 Å². The van der Waals surface area contributed by atoms with Gasteiger partial charge in [-0.1, -0.05) is 0 Å². The summed E-state index contributed by atoms with van der Waals surface area (Å²) in [7, 11) is 0. The summed E-state index contributed by atoms with van der Waals surface area (Å²) in [5, 5.41) is 0. The zero-order chi connectivity index (χ0) is 10.9. The second-order valence-corrected chi connectivity index (χ2v) is 3.99. The van der Waals surface area contributed by atoms with Crippen molar-refractivity contribution < 1.29 is 17.6 Å². The van der Waals surface area contributed by atoms with Crippen molar-refractivity contribution in [2.75, 3.05) is 0 Å². The molecule has 0 spiro atoms. The molecule has 1 heterocycles. The lowest BCUT2D eigenvalue weighted by Gasteiger charge is -2.28. The summed E-state index contributed by atoms with van der Waals surface area (Å²) in [5.74, 6) is -0.293. The van der Waals surface area contributed by atoms with Gasteiger partial charge in [0.2, 0.25) is 0 Å². The van der Waals surface area contributed by atoms with E-state index in [1.807, 2.05) is 0 Å². The molecule has 1 saturated carbocycles. The molecule has 1 aliphatic rings. The molecule has 0 atom stereocenters. The Morgan fingerprint density at radius 2 is 1.87 bits per heavy atom. The van der Waals surface area contributed by atoms with Crippen LogP contribution in [0.25, 0.3) is 0 Å². The summed E-state index contributed by atoms with van der Waals surface area (Å²) in [6.07, 6.45) is 0.374. The lowest BCUT2D eigenvalue weighted by atomic mass is 9.81. The molecule has 1 aliphatic carbocycles. The molecule has 0 radical (unpaired) electrons. The van der Waals surface area contributed by atoms with Gasteiger partial charge in [-0.15, -0.1) is 0 Å². The van der Waals surface area contributed by atoms with Crippen LogP contribution < -0.4 is 0 Å². The standard InChI is InChI=1S/C10H12F3NO/c11-10(12,13)8-3-1-7(2-4-8)9-5-14-6-15-9/h5-8H,1-4H2. The fraction of sp³-hybridized carbons (Fsp3) is 0.700. The first-order valence-electron chi connectivity index (χ1n) is 5.02. The van der Waals surface area contributed by atoms with Gasteiger partial charge in [0.05, 0.1) is 12.1 Å². The number of rotatable bonds is 1. The lowest BCUT2D eigenvalue weighted by Crippen LogP contribution is -2.27. The van der Waals surface area contributed by atoms with Crippen molar-refractivity contribution in [3.05, 3.63) is 18.4 Å². The molecule has 1 fully saturated rings. The highest BCUT2D eigenvalue weighted by molar-refractivity contribution is 5.00. The van der Waals surface area contributed by atoms with Crippen molar-refractivity contribution >= 4 is 0 Å². The van der Waals surface area contributed by atoms with Crippen LogP contribution in [0.2, 0.25) is 0 Å². The van der Waals surface area contributed by atoms with Gasteiger partial charge in [-0.3, -0.25) is 0 Å². The van der Waals surface area contributed by atoms with E-state index in [2.05, 4.69) is 4.98 Å². The maximum Gasteiger partial charge on any atom is 0.391 e. The van der Waals surface area contributed by atoms with Crippen molar-refractivity contribution in [3.8, 4) is 0 Å². The molecular formula is C10H12F3NO. The first-order valence-corrected chi connectivity index (χ1v) is 5.02. The Labute approximate surface area is 85.5 Å².